The van der Waals surface area contributed by atoms with Gasteiger partial charge in [-0.15, -0.1) is 0 Å². The molecule has 1 aliphatic heterocycles. The second-order valence-electron chi connectivity index (χ2n) is 6.78. The van der Waals surface area contributed by atoms with Crippen molar-refractivity contribution in [3.8, 4) is 0 Å². The Morgan fingerprint density at radius 3 is 2.56 bits per heavy atom. The summed E-state index contributed by atoms with van der Waals surface area (Å²) in [5.74, 6) is 2.85. The smallest absolute Gasteiger partial charge is 0.220 e. The molecular weight excluding hydrogens is 224 g/mol. The topological polar surface area (TPSA) is 32.3 Å². The van der Waals surface area contributed by atoms with E-state index in [1.54, 1.807) is 0 Å². The van der Waals surface area contributed by atoms with Gasteiger partial charge in [0.25, 0.3) is 0 Å². The first-order valence-electron chi connectivity index (χ1n) is 7.68. The summed E-state index contributed by atoms with van der Waals surface area (Å²) < 4.78 is 0. The summed E-state index contributed by atoms with van der Waals surface area (Å²) in [6.07, 6.45) is 8.59. The molecule has 3 fully saturated rings. The van der Waals surface area contributed by atoms with Crippen LogP contribution in [0.1, 0.15) is 44.9 Å². The van der Waals surface area contributed by atoms with E-state index >= 15 is 0 Å². The van der Waals surface area contributed by atoms with Gasteiger partial charge in [0.15, 0.2) is 0 Å². The van der Waals surface area contributed by atoms with Gasteiger partial charge in [-0.25, -0.2) is 0 Å². The van der Waals surface area contributed by atoms with E-state index in [-0.39, 0.29) is 0 Å². The van der Waals surface area contributed by atoms with Crippen LogP contribution in [0.15, 0.2) is 0 Å². The number of nitrogens with one attached hydrogen (secondary N) is 1. The van der Waals surface area contributed by atoms with E-state index in [0.717, 1.165) is 44.2 Å². The minimum atomic E-state index is 0.321. The average Bonchev–Trinajstić information content (AvgIpc) is 2.94. The number of amides is 1. The molecule has 1 amide bonds. The van der Waals surface area contributed by atoms with Crippen LogP contribution in [0.25, 0.3) is 0 Å². The Balaban J connectivity index is 1.42. The van der Waals surface area contributed by atoms with E-state index < -0.39 is 0 Å². The standard InChI is InChI=1S/C15H26N2O/c1-17-6-4-14(5-7-17)16-15(18)10-13-9-11-2-3-12(13)8-11/h11-14H,2-10H2,1H3,(H,16,18)/t11-,12-,13-/m0/s1. The first-order chi connectivity index (χ1) is 8.70. The van der Waals surface area contributed by atoms with Gasteiger partial charge >= 0.3 is 0 Å². The van der Waals surface area contributed by atoms with Crippen molar-refractivity contribution in [3.05, 3.63) is 0 Å². The number of fused-ring (bicyclic) bond motifs is 2. The molecule has 18 heavy (non-hydrogen) atoms. The summed E-state index contributed by atoms with van der Waals surface area (Å²) >= 11 is 0. The van der Waals surface area contributed by atoms with Gasteiger partial charge in [-0.2, -0.15) is 0 Å². The van der Waals surface area contributed by atoms with Gasteiger partial charge in [-0.05, 0) is 70.0 Å². The van der Waals surface area contributed by atoms with Gasteiger partial charge in [0.1, 0.15) is 0 Å². The van der Waals surface area contributed by atoms with Crippen molar-refractivity contribution in [2.24, 2.45) is 17.8 Å². The van der Waals surface area contributed by atoms with Crippen LogP contribution in [-0.4, -0.2) is 37.0 Å². The zero-order valence-corrected chi connectivity index (χ0v) is 11.5. The van der Waals surface area contributed by atoms with Crippen molar-refractivity contribution in [2.75, 3.05) is 20.1 Å². The van der Waals surface area contributed by atoms with E-state index in [1.807, 2.05) is 0 Å². The lowest BCUT2D eigenvalue weighted by atomic mass is 9.86. The van der Waals surface area contributed by atoms with Gasteiger partial charge in [0.2, 0.25) is 5.91 Å². The minimum absolute atomic E-state index is 0.321. The zero-order chi connectivity index (χ0) is 12.5. The summed E-state index contributed by atoms with van der Waals surface area (Å²) in [6, 6.07) is 0.437. The second-order valence-corrected chi connectivity index (χ2v) is 6.78. The Hall–Kier alpha value is -0.570. The zero-order valence-electron chi connectivity index (χ0n) is 11.5. The summed E-state index contributed by atoms with van der Waals surface area (Å²) in [5, 5.41) is 3.26. The Bertz CT molecular complexity index is 310. The number of likely N-dealkylation sites (tertiary alicyclic amines) is 1. The van der Waals surface area contributed by atoms with Gasteiger partial charge < -0.3 is 10.2 Å². The molecule has 1 saturated heterocycles. The number of rotatable bonds is 3. The van der Waals surface area contributed by atoms with E-state index in [1.165, 1.54) is 25.7 Å². The lowest BCUT2D eigenvalue weighted by Gasteiger charge is -2.30. The summed E-state index contributed by atoms with van der Waals surface area (Å²) in [7, 11) is 2.16. The van der Waals surface area contributed by atoms with Crippen LogP contribution in [0.4, 0.5) is 0 Å². The predicted molar refractivity (Wildman–Crippen MR) is 72.2 cm³/mol. The first-order valence-corrected chi connectivity index (χ1v) is 7.68. The minimum Gasteiger partial charge on any atom is -0.353 e. The molecule has 0 aromatic heterocycles. The van der Waals surface area contributed by atoms with Gasteiger partial charge in [-0.3, -0.25) is 4.79 Å². The average molecular weight is 250 g/mol. The van der Waals surface area contributed by atoms with Crippen molar-refractivity contribution in [1.29, 1.82) is 0 Å². The molecule has 102 valence electrons. The maximum atomic E-state index is 12.1. The van der Waals surface area contributed by atoms with Crippen LogP contribution in [0.5, 0.6) is 0 Å². The third-order valence-electron chi connectivity index (χ3n) is 5.42. The monoisotopic (exact) mass is 250 g/mol. The molecule has 2 aliphatic carbocycles. The van der Waals surface area contributed by atoms with Gasteiger partial charge in [0, 0.05) is 12.5 Å². The maximum absolute atomic E-state index is 12.1. The fourth-order valence-electron chi connectivity index (χ4n) is 4.30. The predicted octanol–water partition coefficient (Wildman–Crippen LogP) is 2.02. The van der Waals surface area contributed by atoms with E-state index in [2.05, 4.69) is 17.3 Å². The Morgan fingerprint density at radius 1 is 1.17 bits per heavy atom. The molecule has 0 radical (unpaired) electrons. The molecule has 3 nitrogen and oxygen atoms in total. The van der Waals surface area contributed by atoms with Crippen molar-refractivity contribution in [3.63, 3.8) is 0 Å². The Kier molecular flexibility index (Phi) is 3.60. The van der Waals surface area contributed by atoms with Crippen LogP contribution in [0, 0.1) is 17.8 Å². The number of hydrogen-bond donors (Lipinski definition) is 1. The first kappa shape index (κ1) is 12.5. The lowest BCUT2D eigenvalue weighted by Crippen LogP contribution is -2.43. The van der Waals surface area contributed by atoms with Crippen LogP contribution in [-0.2, 0) is 4.79 Å². The molecule has 3 rings (SSSR count). The SMILES string of the molecule is CN1CCC(NC(=O)C[C@@H]2C[C@H]3CC[C@H]2C3)CC1. The number of nitrogens with zero attached hydrogens (tertiary/aromatic N) is 1. The van der Waals surface area contributed by atoms with Crippen LogP contribution in [0.3, 0.4) is 0 Å². The van der Waals surface area contributed by atoms with Crippen molar-refractivity contribution < 1.29 is 4.79 Å². The van der Waals surface area contributed by atoms with E-state index in [0.29, 0.717) is 17.9 Å². The molecule has 3 heteroatoms. The Labute approximate surface area is 110 Å². The highest BCUT2D eigenvalue weighted by Gasteiger charge is 2.40. The van der Waals surface area contributed by atoms with Crippen LogP contribution < -0.4 is 5.32 Å². The van der Waals surface area contributed by atoms with Crippen molar-refractivity contribution in [2.45, 2.75) is 51.0 Å². The molecule has 0 aromatic rings. The molecule has 0 spiro atoms. The fourth-order valence-corrected chi connectivity index (χ4v) is 4.30. The molecule has 1 heterocycles. The molecule has 0 unspecified atom stereocenters. The number of piperidine rings is 1. The van der Waals surface area contributed by atoms with Crippen LogP contribution >= 0.6 is 0 Å². The van der Waals surface area contributed by atoms with E-state index in [9.17, 15) is 4.79 Å². The molecule has 3 atom stereocenters. The quantitative estimate of drug-likeness (QED) is 0.831. The number of carbonyl (C=O) groups excluding carboxylic acids is 1. The highest BCUT2D eigenvalue weighted by atomic mass is 16.1. The maximum Gasteiger partial charge on any atom is 0.220 e. The molecule has 0 aromatic carbocycles. The van der Waals surface area contributed by atoms with Crippen molar-refractivity contribution >= 4 is 5.91 Å². The number of carbonyl (C=O) groups is 1. The third-order valence-corrected chi connectivity index (χ3v) is 5.42. The normalized spacial score (nSPS) is 37.1. The summed E-state index contributed by atoms with van der Waals surface area (Å²) in [4.78, 5) is 14.4. The van der Waals surface area contributed by atoms with Crippen molar-refractivity contribution in [1.82, 2.24) is 10.2 Å². The lowest BCUT2D eigenvalue weighted by molar-refractivity contribution is -0.123. The summed E-state index contributed by atoms with van der Waals surface area (Å²) in [5.41, 5.74) is 0. The fraction of sp³-hybridized carbons (Fsp3) is 0.933. The van der Waals surface area contributed by atoms with E-state index in [4.69, 9.17) is 0 Å². The molecule has 2 saturated carbocycles. The Morgan fingerprint density at radius 2 is 1.94 bits per heavy atom. The number of hydrogen-bond acceptors (Lipinski definition) is 2. The van der Waals surface area contributed by atoms with Crippen LogP contribution in [0.2, 0.25) is 0 Å². The summed E-state index contributed by atoms with van der Waals surface area (Å²) in [6.45, 7) is 2.25. The highest BCUT2D eigenvalue weighted by molar-refractivity contribution is 5.76. The molecule has 3 aliphatic rings. The second kappa shape index (κ2) is 5.20. The molecule has 1 N–H and O–H groups in total. The van der Waals surface area contributed by atoms with Gasteiger partial charge in [-0.1, -0.05) is 6.42 Å². The third kappa shape index (κ3) is 2.71. The van der Waals surface area contributed by atoms with Gasteiger partial charge in [0.05, 0.1) is 0 Å². The highest BCUT2D eigenvalue weighted by Crippen LogP contribution is 2.49. The molecule has 2 bridgehead atoms. The largest absolute Gasteiger partial charge is 0.353 e. The molecular formula is C15H26N2O.